The lowest BCUT2D eigenvalue weighted by Crippen LogP contribution is -2.65. The summed E-state index contributed by atoms with van der Waals surface area (Å²) in [6, 6.07) is 7.42. The number of carbonyl (C=O) groups is 2. The van der Waals surface area contributed by atoms with Crippen molar-refractivity contribution >= 4 is 17.7 Å². The number of aliphatic hydroxyl groups is 5. The molecule has 0 saturated carbocycles. The van der Waals surface area contributed by atoms with Crippen molar-refractivity contribution in [3.8, 4) is 0 Å². The number of benzene rings is 1. The van der Waals surface area contributed by atoms with Crippen molar-refractivity contribution in [2.75, 3.05) is 32.6 Å². The molecular weight excluding hydrogens is 791 g/mol. The number of amides is 2. The Morgan fingerprint density at radius 2 is 1.56 bits per heavy atom. The van der Waals surface area contributed by atoms with Crippen LogP contribution in [0.4, 0.5) is 10.5 Å². The lowest BCUT2D eigenvalue weighted by molar-refractivity contribution is -0.334. The molecule has 1 aromatic rings. The molecule has 16 heteroatoms. The number of rotatable bonds is 8. The number of para-hydroxylation sites is 1. The Balaban J connectivity index is 1.79. The molecule has 3 heterocycles. The number of hydrogen-bond acceptors (Lipinski definition) is 14. The Morgan fingerprint density at radius 3 is 2.15 bits per heavy atom. The average molecular weight is 868 g/mol. The topological polar surface area (TPSA) is 209 Å². The second kappa shape index (κ2) is 20.1. The van der Waals surface area contributed by atoms with E-state index in [1.165, 1.54) is 23.8 Å². The number of carbonyl (C=O) groups excluding carboxylic acids is 2. The van der Waals surface area contributed by atoms with Gasteiger partial charge in [-0.2, -0.15) is 0 Å². The molecule has 0 unspecified atom stereocenters. The van der Waals surface area contributed by atoms with Crippen molar-refractivity contribution in [2.24, 2.45) is 17.8 Å². The van der Waals surface area contributed by atoms with Crippen molar-refractivity contribution < 1.29 is 63.5 Å². The monoisotopic (exact) mass is 868 g/mol. The summed E-state index contributed by atoms with van der Waals surface area (Å²) in [5.74, 6) is -2.93. The number of aliphatic hydroxyl groups excluding tert-OH is 2. The fourth-order valence-corrected chi connectivity index (χ4v) is 9.51. The number of methoxy groups -OCH3 is 1. The summed E-state index contributed by atoms with van der Waals surface area (Å²) in [6.45, 7) is 19.1. The summed E-state index contributed by atoms with van der Waals surface area (Å²) in [4.78, 5) is 31.2. The minimum atomic E-state index is -1.85. The van der Waals surface area contributed by atoms with E-state index in [2.05, 4.69) is 5.32 Å². The molecule has 0 bridgehead atoms. The first-order valence-electron chi connectivity index (χ1n) is 21.9. The second-order valence-corrected chi connectivity index (χ2v) is 19.1. The first-order chi connectivity index (χ1) is 28.2. The van der Waals surface area contributed by atoms with Crippen molar-refractivity contribution in [3.05, 3.63) is 30.3 Å². The fourth-order valence-electron chi connectivity index (χ4n) is 9.51. The van der Waals surface area contributed by atoms with Crippen molar-refractivity contribution in [2.45, 2.75) is 192 Å². The third-order valence-electron chi connectivity index (χ3n) is 14.0. The number of hydrogen-bond donors (Lipinski definition) is 6. The summed E-state index contributed by atoms with van der Waals surface area (Å²) >= 11 is 0. The van der Waals surface area contributed by atoms with E-state index >= 15 is 0 Å². The van der Waals surface area contributed by atoms with Crippen LogP contribution in [0.2, 0.25) is 0 Å². The highest BCUT2D eigenvalue weighted by molar-refractivity contribution is 5.91. The minimum Gasteiger partial charge on any atom is -0.459 e. The van der Waals surface area contributed by atoms with E-state index in [0.717, 1.165) is 0 Å². The minimum absolute atomic E-state index is 0.0638. The smallest absolute Gasteiger partial charge is 0.324 e. The third kappa shape index (κ3) is 11.1. The van der Waals surface area contributed by atoms with E-state index in [1.807, 2.05) is 44.2 Å². The number of urea groups is 1. The molecule has 3 saturated heterocycles. The molecule has 0 radical (unpaired) electrons. The van der Waals surface area contributed by atoms with Crippen LogP contribution in [0.25, 0.3) is 0 Å². The van der Waals surface area contributed by atoms with Crippen LogP contribution < -0.4 is 10.2 Å². The van der Waals surface area contributed by atoms with Gasteiger partial charge < -0.3 is 64.2 Å². The summed E-state index contributed by atoms with van der Waals surface area (Å²) in [7, 11) is 4.77. The molecule has 1 aromatic carbocycles. The largest absolute Gasteiger partial charge is 0.459 e. The predicted molar refractivity (Wildman–Crippen MR) is 228 cm³/mol. The van der Waals surface area contributed by atoms with Gasteiger partial charge >= 0.3 is 12.0 Å². The molecule has 0 aliphatic carbocycles. The first kappa shape index (κ1) is 51.2. The van der Waals surface area contributed by atoms with Crippen LogP contribution in [0.1, 0.15) is 102 Å². The highest BCUT2D eigenvalue weighted by atomic mass is 16.7. The van der Waals surface area contributed by atoms with Gasteiger partial charge in [-0.15, -0.1) is 0 Å². The van der Waals surface area contributed by atoms with E-state index in [4.69, 9.17) is 28.4 Å². The van der Waals surface area contributed by atoms with Crippen molar-refractivity contribution in [1.29, 1.82) is 0 Å². The Kier molecular flexibility index (Phi) is 16.9. The highest BCUT2D eigenvalue weighted by Crippen LogP contribution is 2.43. The predicted octanol–water partition coefficient (Wildman–Crippen LogP) is 3.58. The zero-order valence-electron chi connectivity index (χ0n) is 38.9. The Hall–Kier alpha value is -2.48. The number of nitrogens with one attached hydrogen (secondary N) is 1. The summed E-state index contributed by atoms with van der Waals surface area (Å²) in [5.41, 5.74) is -5.39. The number of nitrogens with zero attached hydrogens (tertiary/aromatic N) is 2. The lowest BCUT2D eigenvalue weighted by Gasteiger charge is -2.52. The van der Waals surface area contributed by atoms with Gasteiger partial charge in [0.15, 0.2) is 12.6 Å². The molecular formula is C45H77N3O13. The molecule has 6 N–H and O–H groups in total. The summed E-state index contributed by atoms with van der Waals surface area (Å²) in [5, 5.41) is 62.6. The van der Waals surface area contributed by atoms with Crippen LogP contribution in [0.5, 0.6) is 0 Å². The van der Waals surface area contributed by atoms with Crippen molar-refractivity contribution in [3.63, 3.8) is 0 Å². The van der Waals surface area contributed by atoms with Crippen LogP contribution in [0, 0.1) is 17.8 Å². The quantitative estimate of drug-likeness (QED) is 0.207. The lowest BCUT2D eigenvalue weighted by atomic mass is 9.76. The molecule has 3 fully saturated rings. The average Bonchev–Trinajstić information content (AvgIpc) is 3.21. The maximum atomic E-state index is 14.4. The summed E-state index contributed by atoms with van der Waals surface area (Å²) < 4.78 is 38.0. The van der Waals surface area contributed by atoms with E-state index in [0.29, 0.717) is 18.7 Å². The number of ether oxygens (including phenoxy) is 6. The van der Waals surface area contributed by atoms with E-state index in [-0.39, 0.29) is 31.2 Å². The molecule has 3 aliphatic rings. The molecule has 3 aliphatic heterocycles. The van der Waals surface area contributed by atoms with E-state index in [9.17, 15) is 35.1 Å². The zero-order valence-corrected chi connectivity index (χ0v) is 38.9. The second-order valence-electron chi connectivity index (χ2n) is 19.1. The molecule has 18 atom stereocenters. The van der Waals surface area contributed by atoms with Gasteiger partial charge in [-0.25, -0.2) is 4.79 Å². The van der Waals surface area contributed by atoms with Gasteiger partial charge in [0.05, 0.1) is 42.0 Å². The molecule has 350 valence electrons. The zero-order chi connectivity index (χ0) is 46.0. The first-order valence-corrected chi connectivity index (χ1v) is 21.9. The fraction of sp³-hybridized carbons (Fsp3) is 0.822. The number of esters is 1. The Bertz CT molecular complexity index is 1580. The molecule has 16 nitrogen and oxygen atoms in total. The molecule has 0 spiro atoms. The standard InChI is InChI=1S/C45H77N3O13/c1-15-33-44(10,54)37(50)29(6)46-24-25(2)22-42(8,53)38(27(4)36(28(5)39(51)59-33)60-34-23-43(9,56-14)45(11,55)30(7)58-34)61-40-35(49)32(21-26(3)57-40)48(13)41(52)47(12)31-19-17-16-18-20-31/h16-20,25-30,32-38,40,46,49-50,53-55H,15,21-24H2,1-14H3/t25-,26-,27+,28-,29-,30+,32+,33-,34+,35-,36+,37-,38-,40+,42-,43-,44-,45-/m1/s1. The maximum Gasteiger partial charge on any atom is 0.324 e. The van der Waals surface area contributed by atoms with Gasteiger partial charge in [0.1, 0.15) is 35.1 Å². The van der Waals surface area contributed by atoms with Gasteiger partial charge in [0.25, 0.3) is 0 Å². The number of anilines is 1. The van der Waals surface area contributed by atoms with Crippen LogP contribution in [0.15, 0.2) is 30.3 Å². The van der Waals surface area contributed by atoms with E-state index in [1.54, 1.807) is 69.5 Å². The van der Waals surface area contributed by atoms with Crippen LogP contribution in [0.3, 0.4) is 0 Å². The maximum absolute atomic E-state index is 14.4. The normalized spacial score (nSPS) is 44.6. The molecule has 61 heavy (non-hydrogen) atoms. The third-order valence-corrected chi connectivity index (χ3v) is 14.0. The van der Waals surface area contributed by atoms with Crippen molar-refractivity contribution in [1.82, 2.24) is 10.2 Å². The van der Waals surface area contributed by atoms with Crippen LogP contribution in [-0.2, 0) is 33.2 Å². The summed E-state index contributed by atoms with van der Waals surface area (Å²) in [6.07, 6.45) is -9.04. The molecule has 2 amide bonds. The number of likely N-dealkylation sites (N-methyl/N-ethyl adjacent to an activating group) is 1. The molecule has 0 aromatic heterocycles. The van der Waals surface area contributed by atoms with Gasteiger partial charge in [-0.05, 0) is 99.2 Å². The van der Waals surface area contributed by atoms with Crippen LogP contribution in [-0.4, -0.2) is 160 Å². The van der Waals surface area contributed by atoms with Gasteiger partial charge in [-0.3, -0.25) is 9.69 Å². The van der Waals surface area contributed by atoms with Crippen LogP contribution >= 0.6 is 0 Å². The van der Waals surface area contributed by atoms with Gasteiger partial charge in [0, 0.05) is 45.3 Å². The number of cyclic esters (lactones) is 1. The highest BCUT2D eigenvalue weighted by Gasteiger charge is 2.56. The molecule has 4 rings (SSSR count). The van der Waals surface area contributed by atoms with Gasteiger partial charge in [-0.1, -0.05) is 39.0 Å². The van der Waals surface area contributed by atoms with Gasteiger partial charge in [0.2, 0.25) is 0 Å². The SMILES string of the molecule is CC[C@H]1OC(=O)[C@H](C)[C@@H](O[C@H]2C[C@@](C)(OC)[C@](C)(O)[C@H](C)O2)[C@H](C)[C@@H](O[C@@H]2O[C@H](C)C[C@H](N(C)C(=O)N(C)c3ccccc3)[C@H]2O)[C@](C)(O)C[C@@H](C)CN[C@H](C)[C@@H](O)[C@]1(C)O. The Morgan fingerprint density at radius 1 is 0.934 bits per heavy atom. The van der Waals surface area contributed by atoms with E-state index < -0.39 is 108 Å². The Labute approximate surface area is 363 Å².